The molecule has 0 fully saturated rings. The molecule has 0 unspecified atom stereocenters. The summed E-state index contributed by atoms with van der Waals surface area (Å²) in [5.41, 5.74) is 7.54. The normalized spacial score (nSPS) is 9.15. The molecule has 3 nitrogen and oxygen atoms in total. The second kappa shape index (κ2) is 7.89. The quantitative estimate of drug-likeness (QED) is 0.672. The molecular formula is C17H21NO2. The SMILES string of the molecule is C=C(C)Oc1ccc(N)cc1OC.Cc1ccccc1. The van der Waals surface area contributed by atoms with Crippen molar-refractivity contribution in [2.45, 2.75) is 13.8 Å². The van der Waals surface area contributed by atoms with Gasteiger partial charge in [0.05, 0.1) is 12.9 Å². The summed E-state index contributed by atoms with van der Waals surface area (Å²) in [6.45, 7) is 7.50. The van der Waals surface area contributed by atoms with Crippen molar-refractivity contribution in [2.75, 3.05) is 12.8 Å². The van der Waals surface area contributed by atoms with Crippen molar-refractivity contribution < 1.29 is 9.47 Å². The number of hydrogen-bond donors (Lipinski definition) is 1. The van der Waals surface area contributed by atoms with Gasteiger partial charge in [0.1, 0.15) is 0 Å². The van der Waals surface area contributed by atoms with Crippen molar-refractivity contribution in [2.24, 2.45) is 0 Å². The third-order valence-corrected chi connectivity index (χ3v) is 2.41. The molecule has 0 atom stereocenters. The highest BCUT2D eigenvalue weighted by Crippen LogP contribution is 2.29. The summed E-state index contributed by atoms with van der Waals surface area (Å²) in [7, 11) is 1.57. The van der Waals surface area contributed by atoms with Crippen LogP contribution in [0.1, 0.15) is 12.5 Å². The summed E-state index contributed by atoms with van der Waals surface area (Å²) < 4.78 is 10.4. The Hall–Kier alpha value is -2.42. The molecule has 0 heterocycles. The van der Waals surface area contributed by atoms with Crippen LogP contribution in [0.4, 0.5) is 5.69 Å². The van der Waals surface area contributed by atoms with Gasteiger partial charge in [-0.25, -0.2) is 0 Å². The van der Waals surface area contributed by atoms with Crippen LogP contribution in [-0.4, -0.2) is 7.11 Å². The Morgan fingerprint density at radius 3 is 2.15 bits per heavy atom. The largest absolute Gasteiger partial charge is 0.493 e. The smallest absolute Gasteiger partial charge is 0.168 e. The minimum absolute atomic E-state index is 0.614. The van der Waals surface area contributed by atoms with Crippen LogP contribution in [-0.2, 0) is 0 Å². The molecule has 2 rings (SSSR count). The average molecular weight is 271 g/mol. The van der Waals surface area contributed by atoms with Gasteiger partial charge in [-0.05, 0) is 26.0 Å². The zero-order valence-corrected chi connectivity index (χ0v) is 12.2. The van der Waals surface area contributed by atoms with Crippen molar-refractivity contribution in [1.82, 2.24) is 0 Å². The predicted octanol–water partition coefficient (Wildman–Crippen LogP) is 4.18. The van der Waals surface area contributed by atoms with Crippen LogP contribution in [0.3, 0.4) is 0 Å². The molecule has 0 amide bonds. The van der Waals surface area contributed by atoms with Gasteiger partial charge in [-0.1, -0.05) is 42.5 Å². The highest BCUT2D eigenvalue weighted by Gasteiger charge is 2.04. The van der Waals surface area contributed by atoms with Crippen LogP contribution in [0, 0.1) is 6.92 Å². The number of allylic oxidation sites excluding steroid dienone is 1. The molecule has 0 aliphatic carbocycles. The zero-order valence-electron chi connectivity index (χ0n) is 12.2. The number of nitrogen functional groups attached to an aromatic ring is 1. The van der Waals surface area contributed by atoms with Crippen LogP contribution in [0.25, 0.3) is 0 Å². The topological polar surface area (TPSA) is 44.5 Å². The second-order valence-electron chi connectivity index (χ2n) is 4.37. The molecule has 3 heteroatoms. The molecule has 106 valence electrons. The van der Waals surface area contributed by atoms with Gasteiger partial charge in [-0.2, -0.15) is 0 Å². The maximum absolute atomic E-state index is 5.58. The zero-order chi connectivity index (χ0) is 15.0. The fourth-order valence-electron chi connectivity index (χ4n) is 1.49. The molecule has 2 N–H and O–H groups in total. The molecular weight excluding hydrogens is 250 g/mol. The average Bonchev–Trinajstić information content (AvgIpc) is 2.42. The van der Waals surface area contributed by atoms with Gasteiger partial charge < -0.3 is 15.2 Å². The van der Waals surface area contributed by atoms with E-state index < -0.39 is 0 Å². The van der Waals surface area contributed by atoms with Gasteiger partial charge in [0, 0.05) is 11.8 Å². The lowest BCUT2D eigenvalue weighted by Gasteiger charge is -2.09. The molecule has 2 aromatic rings. The van der Waals surface area contributed by atoms with Crippen LogP contribution < -0.4 is 15.2 Å². The van der Waals surface area contributed by atoms with Gasteiger partial charge in [0.25, 0.3) is 0 Å². The Kier molecular flexibility index (Phi) is 6.17. The predicted molar refractivity (Wildman–Crippen MR) is 84.0 cm³/mol. The number of methoxy groups -OCH3 is 1. The Morgan fingerprint density at radius 1 is 1.05 bits per heavy atom. The van der Waals surface area contributed by atoms with Crippen molar-refractivity contribution in [3.63, 3.8) is 0 Å². The first-order valence-electron chi connectivity index (χ1n) is 6.31. The van der Waals surface area contributed by atoms with E-state index in [1.807, 2.05) is 18.2 Å². The molecule has 0 spiro atoms. The maximum atomic E-state index is 5.58. The number of anilines is 1. The molecule has 0 aliphatic heterocycles. The summed E-state index contributed by atoms with van der Waals surface area (Å²) in [6, 6.07) is 15.5. The Labute approximate surface area is 120 Å². The van der Waals surface area contributed by atoms with Crippen molar-refractivity contribution >= 4 is 5.69 Å². The highest BCUT2D eigenvalue weighted by atomic mass is 16.5. The number of hydrogen-bond acceptors (Lipinski definition) is 3. The first kappa shape index (κ1) is 15.6. The van der Waals surface area contributed by atoms with E-state index in [-0.39, 0.29) is 0 Å². The van der Waals surface area contributed by atoms with E-state index in [9.17, 15) is 0 Å². The molecule has 2 aromatic carbocycles. The van der Waals surface area contributed by atoms with Crippen LogP contribution >= 0.6 is 0 Å². The highest BCUT2D eigenvalue weighted by molar-refractivity contribution is 5.52. The van der Waals surface area contributed by atoms with Crippen LogP contribution in [0.15, 0.2) is 60.9 Å². The lowest BCUT2D eigenvalue weighted by atomic mass is 10.2. The van der Waals surface area contributed by atoms with E-state index in [2.05, 4.69) is 25.6 Å². The lowest BCUT2D eigenvalue weighted by Crippen LogP contribution is -1.94. The minimum Gasteiger partial charge on any atom is -0.493 e. The Balaban J connectivity index is 0.000000240. The summed E-state index contributed by atoms with van der Waals surface area (Å²) in [5.74, 6) is 1.86. The van der Waals surface area contributed by atoms with Gasteiger partial charge >= 0.3 is 0 Å². The number of rotatable bonds is 3. The number of benzene rings is 2. The summed E-state index contributed by atoms with van der Waals surface area (Å²) >= 11 is 0. The molecule has 20 heavy (non-hydrogen) atoms. The van der Waals surface area contributed by atoms with Gasteiger partial charge in [0.2, 0.25) is 0 Å². The third-order valence-electron chi connectivity index (χ3n) is 2.41. The van der Waals surface area contributed by atoms with Crippen LogP contribution in [0.2, 0.25) is 0 Å². The number of nitrogens with two attached hydrogens (primary N) is 1. The summed E-state index contributed by atoms with van der Waals surface area (Å²) in [4.78, 5) is 0. The van der Waals surface area contributed by atoms with Crippen molar-refractivity contribution in [3.8, 4) is 11.5 Å². The molecule has 0 radical (unpaired) electrons. The second-order valence-corrected chi connectivity index (χ2v) is 4.37. The standard InChI is InChI=1S/C10H13NO2.C7H8/c1-7(2)13-9-5-4-8(11)6-10(9)12-3;1-7-5-3-2-4-6-7/h4-6H,1,11H2,2-3H3;2-6H,1H3. The first-order chi connectivity index (χ1) is 9.52. The van der Waals surface area contributed by atoms with E-state index in [4.69, 9.17) is 15.2 Å². The van der Waals surface area contributed by atoms with E-state index >= 15 is 0 Å². The van der Waals surface area contributed by atoms with E-state index in [1.165, 1.54) is 5.56 Å². The van der Waals surface area contributed by atoms with Gasteiger partial charge in [0.15, 0.2) is 11.5 Å². The Bertz CT molecular complexity index is 550. The van der Waals surface area contributed by atoms with Crippen LogP contribution in [0.5, 0.6) is 11.5 Å². The van der Waals surface area contributed by atoms with Crippen molar-refractivity contribution in [1.29, 1.82) is 0 Å². The van der Waals surface area contributed by atoms with Gasteiger partial charge in [-0.3, -0.25) is 0 Å². The number of ether oxygens (including phenoxy) is 2. The monoisotopic (exact) mass is 271 g/mol. The fourth-order valence-corrected chi connectivity index (χ4v) is 1.49. The molecule has 0 saturated carbocycles. The summed E-state index contributed by atoms with van der Waals surface area (Å²) in [6.07, 6.45) is 0. The molecule has 0 aliphatic rings. The number of aryl methyl sites for hydroxylation is 1. The third kappa shape index (κ3) is 5.48. The molecule has 0 aromatic heterocycles. The lowest BCUT2D eigenvalue weighted by molar-refractivity contribution is 0.363. The van der Waals surface area contributed by atoms with Crippen molar-refractivity contribution in [3.05, 3.63) is 66.4 Å². The van der Waals surface area contributed by atoms with E-state index in [1.54, 1.807) is 32.2 Å². The van der Waals surface area contributed by atoms with Gasteiger partial charge in [-0.15, -0.1) is 0 Å². The van der Waals surface area contributed by atoms with E-state index in [0.717, 1.165) is 0 Å². The summed E-state index contributed by atoms with van der Waals surface area (Å²) in [5, 5.41) is 0. The minimum atomic E-state index is 0.614. The maximum Gasteiger partial charge on any atom is 0.168 e. The first-order valence-corrected chi connectivity index (χ1v) is 6.31. The Morgan fingerprint density at radius 2 is 1.70 bits per heavy atom. The van der Waals surface area contributed by atoms with E-state index in [0.29, 0.717) is 22.9 Å². The molecule has 0 bridgehead atoms. The fraction of sp³-hybridized carbons (Fsp3) is 0.176. The molecule has 0 saturated heterocycles.